The Kier molecular flexibility index (Phi) is 6.76. The van der Waals surface area contributed by atoms with Crippen molar-refractivity contribution >= 4 is 29.0 Å². The van der Waals surface area contributed by atoms with Gasteiger partial charge >= 0.3 is 6.18 Å². The second-order valence-electron chi connectivity index (χ2n) is 5.21. The van der Waals surface area contributed by atoms with Gasteiger partial charge in [0.05, 0.1) is 28.7 Å². The summed E-state index contributed by atoms with van der Waals surface area (Å²) in [7, 11) is 1.60. The first kappa shape index (κ1) is 19.9. The molecule has 0 bridgehead atoms. The van der Waals surface area contributed by atoms with Crippen molar-refractivity contribution in [2.24, 2.45) is 0 Å². The van der Waals surface area contributed by atoms with Crippen LogP contribution >= 0.6 is 11.6 Å². The molecule has 0 aliphatic rings. The average molecular weight is 389 g/mol. The van der Waals surface area contributed by atoms with Crippen molar-refractivity contribution in [3.05, 3.63) is 46.9 Å². The van der Waals surface area contributed by atoms with Gasteiger partial charge in [0.1, 0.15) is 11.5 Å². The van der Waals surface area contributed by atoms with Gasteiger partial charge in [-0.05, 0) is 24.6 Å². The van der Waals surface area contributed by atoms with Crippen molar-refractivity contribution in [1.29, 1.82) is 0 Å². The van der Waals surface area contributed by atoms with Crippen LogP contribution in [0.25, 0.3) is 0 Å². The molecule has 2 aromatic rings. The average Bonchev–Trinajstić information content (AvgIpc) is 2.60. The van der Waals surface area contributed by atoms with E-state index in [4.69, 9.17) is 16.3 Å². The highest BCUT2D eigenvalue weighted by molar-refractivity contribution is 6.33. The van der Waals surface area contributed by atoms with Gasteiger partial charge in [0.25, 0.3) is 5.91 Å². The second-order valence-corrected chi connectivity index (χ2v) is 5.61. The largest absolute Gasteiger partial charge is 0.416 e. The van der Waals surface area contributed by atoms with E-state index in [9.17, 15) is 18.0 Å². The maximum Gasteiger partial charge on any atom is 0.416 e. The molecule has 0 radical (unpaired) electrons. The maximum absolute atomic E-state index is 12.8. The van der Waals surface area contributed by atoms with Crippen LogP contribution in [0.3, 0.4) is 0 Å². The molecule has 0 aliphatic heterocycles. The third-order valence-electron chi connectivity index (χ3n) is 3.26. The minimum Gasteiger partial charge on any atom is -0.385 e. The van der Waals surface area contributed by atoms with Crippen LogP contribution in [0.15, 0.2) is 30.6 Å². The van der Waals surface area contributed by atoms with E-state index in [2.05, 4.69) is 20.6 Å². The van der Waals surface area contributed by atoms with E-state index >= 15 is 0 Å². The van der Waals surface area contributed by atoms with E-state index in [1.165, 1.54) is 12.4 Å². The normalized spacial score (nSPS) is 11.3. The molecule has 0 aliphatic carbocycles. The van der Waals surface area contributed by atoms with Crippen molar-refractivity contribution in [2.75, 3.05) is 30.9 Å². The Balaban J connectivity index is 2.03. The highest BCUT2D eigenvalue weighted by Gasteiger charge is 2.31. The molecule has 0 fully saturated rings. The molecule has 2 rings (SSSR count). The number of methoxy groups -OCH3 is 1. The fourth-order valence-corrected chi connectivity index (χ4v) is 2.12. The molecule has 0 saturated carbocycles. The summed E-state index contributed by atoms with van der Waals surface area (Å²) in [4.78, 5) is 20.1. The predicted octanol–water partition coefficient (Wildman–Crippen LogP) is 3.85. The number of halogens is 4. The molecular weight excluding hydrogens is 373 g/mol. The molecule has 140 valence electrons. The first-order valence-corrected chi connectivity index (χ1v) is 7.92. The standard InChI is InChI=1S/C16H16ClF3N4O2/c1-26-6-2-5-21-14-9-22-13(8-23-14)15(25)24-12-7-10(16(18,19)20)3-4-11(12)17/h3-4,7-9H,2,5-6H2,1H3,(H,21,23)(H,24,25). The van der Waals surface area contributed by atoms with Gasteiger partial charge < -0.3 is 15.4 Å². The zero-order chi connectivity index (χ0) is 19.2. The van der Waals surface area contributed by atoms with Crippen LogP contribution in [0.4, 0.5) is 24.7 Å². The number of carbonyl (C=O) groups excluding carboxylic acids is 1. The summed E-state index contributed by atoms with van der Waals surface area (Å²) >= 11 is 5.85. The molecule has 1 aromatic carbocycles. The summed E-state index contributed by atoms with van der Waals surface area (Å²) < 4.78 is 43.2. The van der Waals surface area contributed by atoms with E-state index in [1.54, 1.807) is 7.11 Å². The number of benzene rings is 1. The van der Waals surface area contributed by atoms with E-state index < -0.39 is 17.6 Å². The summed E-state index contributed by atoms with van der Waals surface area (Å²) in [6.45, 7) is 1.21. The molecule has 0 spiro atoms. The Morgan fingerprint density at radius 3 is 2.65 bits per heavy atom. The van der Waals surface area contributed by atoms with E-state index in [1.807, 2.05) is 0 Å². The number of hydrogen-bond acceptors (Lipinski definition) is 5. The number of ether oxygens (including phenoxy) is 1. The number of nitrogens with one attached hydrogen (secondary N) is 2. The van der Waals surface area contributed by atoms with E-state index in [0.717, 1.165) is 24.6 Å². The molecule has 0 saturated heterocycles. The highest BCUT2D eigenvalue weighted by Crippen LogP contribution is 2.33. The molecule has 1 amide bonds. The lowest BCUT2D eigenvalue weighted by Gasteiger charge is -2.11. The van der Waals surface area contributed by atoms with Gasteiger partial charge in [0.15, 0.2) is 0 Å². The van der Waals surface area contributed by atoms with Crippen LogP contribution in [0.2, 0.25) is 5.02 Å². The molecule has 2 N–H and O–H groups in total. The molecule has 10 heteroatoms. The number of carbonyl (C=O) groups is 1. The Morgan fingerprint density at radius 2 is 2.04 bits per heavy atom. The predicted molar refractivity (Wildman–Crippen MR) is 91.4 cm³/mol. The third-order valence-corrected chi connectivity index (χ3v) is 3.59. The van der Waals surface area contributed by atoms with Crippen molar-refractivity contribution in [3.63, 3.8) is 0 Å². The zero-order valence-corrected chi connectivity index (χ0v) is 14.5. The Labute approximate surface area is 152 Å². The second kappa shape index (κ2) is 8.81. The Morgan fingerprint density at radius 1 is 1.27 bits per heavy atom. The third kappa shape index (κ3) is 5.57. The van der Waals surface area contributed by atoms with E-state index in [0.29, 0.717) is 19.0 Å². The maximum atomic E-state index is 12.8. The van der Waals surface area contributed by atoms with Gasteiger partial charge in [-0.3, -0.25) is 4.79 Å². The first-order chi connectivity index (χ1) is 12.3. The summed E-state index contributed by atoms with van der Waals surface area (Å²) in [5, 5.41) is 5.29. The number of alkyl halides is 3. The van der Waals surface area contributed by atoms with Crippen LogP contribution < -0.4 is 10.6 Å². The molecule has 0 unspecified atom stereocenters. The van der Waals surface area contributed by atoms with Crippen molar-refractivity contribution in [1.82, 2.24) is 9.97 Å². The molecule has 26 heavy (non-hydrogen) atoms. The molecule has 6 nitrogen and oxygen atoms in total. The lowest BCUT2D eigenvalue weighted by Crippen LogP contribution is -2.16. The smallest absolute Gasteiger partial charge is 0.385 e. The lowest BCUT2D eigenvalue weighted by molar-refractivity contribution is -0.137. The topological polar surface area (TPSA) is 76.1 Å². The van der Waals surface area contributed by atoms with Gasteiger partial charge in [-0.1, -0.05) is 11.6 Å². The van der Waals surface area contributed by atoms with Crippen molar-refractivity contribution in [3.8, 4) is 0 Å². The first-order valence-electron chi connectivity index (χ1n) is 7.54. The van der Waals surface area contributed by atoms with E-state index in [-0.39, 0.29) is 16.4 Å². The molecule has 0 atom stereocenters. The highest BCUT2D eigenvalue weighted by atomic mass is 35.5. The van der Waals surface area contributed by atoms with Crippen LogP contribution in [0, 0.1) is 0 Å². The van der Waals surface area contributed by atoms with Gasteiger partial charge in [-0.15, -0.1) is 0 Å². The Hall–Kier alpha value is -2.39. The number of nitrogens with zero attached hydrogens (tertiary/aromatic N) is 2. The molecule has 1 aromatic heterocycles. The Bertz CT molecular complexity index is 754. The quantitative estimate of drug-likeness (QED) is 0.704. The van der Waals surface area contributed by atoms with Gasteiger partial charge in [-0.2, -0.15) is 13.2 Å². The SMILES string of the molecule is COCCCNc1cnc(C(=O)Nc2cc(C(F)(F)F)ccc2Cl)cn1. The summed E-state index contributed by atoms with van der Waals surface area (Å²) in [5.41, 5.74) is -1.13. The van der Waals surface area contributed by atoms with Gasteiger partial charge in [0, 0.05) is 20.3 Å². The fourth-order valence-electron chi connectivity index (χ4n) is 1.95. The molecule has 1 heterocycles. The fraction of sp³-hybridized carbons (Fsp3) is 0.312. The van der Waals surface area contributed by atoms with Crippen LogP contribution in [-0.4, -0.2) is 36.1 Å². The number of hydrogen-bond donors (Lipinski definition) is 2. The number of rotatable bonds is 7. The van der Waals surface area contributed by atoms with Crippen LogP contribution in [-0.2, 0) is 10.9 Å². The number of amides is 1. The monoisotopic (exact) mass is 388 g/mol. The summed E-state index contributed by atoms with van der Waals surface area (Å²) in [5.74, 6) is -0.251. The van der Waals surface area contributed by atoms with Gasteiger partial charge in [-0.25, -0.2) is 9.97 Å². The van der Waals surface area contributed by atoms with Crippen LogP contribution in [0.1, 0.15) is 22.5 Å². The number of anilines is 2. The lowest BCUT2D eigenvalue weighted by atomic mass is 10.2. The van der Waals surface area contributed by atoms with Crippen LogP contribution in [0.5, 0.6) is 0 Å². The summed E-state index contributed by atoms with van der Waals surface area (Å²) in [6.07, 6.45) is -1.20. The van der Waals surface area contributed by atoms with Crippen molar-refractivity contribution < 1.29 is 22.7 Å². The number of aromatic nitrogens is 2. The molecular formula is C16H16ClF3N4O2. The minimum absolute atomic E-state index is 0.0178. The minimum atomic E-state index is -4.54. The summed E-state index contributed by atoms with van der Waals surface area (Å²) in [6, 6.07) is 2.67. The van der Waals surface area contributed by atoms with Gasteiger partial charge in [0.2, 0.25) is 0 Å². The van der Waals surface area contributed by atoms with Crippen molar-refractivity contribution in [2.45, 2.75) is 12.6 Å². The zero-order valence-electron chi connectivity index (χ0n) is 13.7.